The highest BCUT2D eigenvalue weighted by Crippen LogP contribution is 2.30. The molecule has 0 bridgehead atoms. The van der Waals surface area contributed by atoms with E-state index in [1.54, 1.807) is 24.4 Å². The second kappa shape index (κ2) is 8.27. The maximum atomic E-state index is 13.1. The van der Waals surface area contributed by atoms with Crippen LogP contribution >= 0.6 is 0 Å². The third kappa shape index (κ3) is 5.04. The molecular weight excluding hydrogens is 417 g/mol. The highest BCUT2D eigenvalue weighted by atomic mass is 32.2. The zero-order chi connectivity index (χ0) is 21.9. The molecule has 0 saturated heterocycles. The van der Waals surface area contributed by atoms with E-state index in [0.717, 1.165) is 30.5 Å². The molecule has 0 fully saturated rings. The molecule has 1 amide bonds. The average Bonchev–Trinajstić information content (AvgIpc) is 2.71. The Bertz CT molecular complexity index is 1130. The molecule has 1 heterocycles. The van der Waals surface area contributed by atoms with Gasteiger partial charge in [0.2, 0.25) is 0 Å². The predicted molar refractivity (Wildman–Crippen MR) is 106 cm³/mol. The van der Waals surface area contributed by atoms with Crippen molar-refractivity contribution in [2.24, 2.45) is 0 Å². The molecule has 0 aliphatic carbocycles. The molecule has 0 N–H and O–H groups in total. The molecule has 0 spiro atoms. The second-order valence-electron chi connectivity index (χ2n) is 6.55. The number of sulfone groups is 1. The van der Waals surface area contributed by atoms with Crippen LogP contribution in [0.15, 0.2) is 77.8 Å². The molecule has 0 unspecified atom stereocenters. The van der Waals surface area contributed by atoms with Gasteiger partial charge in [0.05, 0.1) is 22.7 Å². The Morgan fingerprint density at radius 3 is 2.10 bits per heavy atom. The van der Waals surface area contributed by atoms with Crippen LogP contribution in [0.5, 0.6) is 0 Å². The molecule has 1 aromatic heterocycles. The summed E-state index contributed by atoms with van der Waals surface area (Å²) in [6.45, 7) is 0.0545. The van der Waals surface area contributed by atoms with Crippen LogP contribution in [0.25, 0.3) is 0 Å². The zero-order valence-corrected chi connectivity index (χ0v) is 16.6. The number of halogens is 3. The minimum atomic E-state index is -4.50. The molecule has 0 atom stereocenters. The number of hydrogen-bond donors (Lipinski definition) is 0. The first-order valence-electron chi connectivity index (χ1n) is 8.75. The Kier molecular flexibility index (Phi) is 5.93. The minimum Gasteiger partial charge on any atom is -0.302 e. The normalized spacial score (nSPS) is 11.9. The summed E-state index contributed by atoms with van der Waals surface area (Å²) in [6, 6.07) is 14.8. The van der Waals surface area contributed by atoms with E-state index in [1.807, 2.05) is 0 Å². The van der Waals surface area contributed by atoms with Crippen molar-refractivity contribution < 1.29 is 26.4 Å². The van der Waals surface area contributed by atoms with E-state index in [2.05, 4.69) is 4.98 Å². The summed E-state index contributed by atoms with van der Waals surface area (Å²) < 4.78 is 61.8. The number of alkyl halides is 3. The topological polar surface area (TPSA) is 67.3 Å². The fourth-order valence-electron chi connectivity index (χ4n) is 2.76. The van der Waals surface area contributed by atoms with Gasteiger partial charge in [-0.2, -0.15) is 13.2 Å². The van der Waals surface area contributed by atoms with Gasteiger partial charge in [0.1, 0.15) is 0 Å². The molecule has 9 heteroatoms. The van der Waals surface area contributed by atoms with Gasteiger partial charge < -0.3 is 4.90 Å². The van der Waals surface area contributed by atoms with Crippen molar-refractivity contribution in [1.82, 2.24) is 4.98 Å². The standard InChI is InChI=1S/C21H17F3N2O3S/c1-30(28,29)19-11-9-18(10-12-19)26(14-17-4-2-3-13-25-17)20(27)15-5-7-16(8-6-15)21(22,23)24/h2-13H,14H2,1H3. The molecule has 30 heavy (non-hydrogen) atoms. The van der Waals surface area contributed by atoms with Crippen molar-refractivity contribution >= 4 is 21.4 Å². The molecular formula is C21H17F3N2O3S. The molecule has 0 aliphatic heterocycles. The van der Waals surface area contributed by atoms with Gasteiger partial charge in [-0.1, -0.05) is 6.07 Å². The van der Waals surface area contributed by atoms with E-state index < -0.39 is 27.5 Å². The van der Waals surface area contributed by atoms with Crippen LogP contribution in [0.3, 0.4) is 0 Å². The van der Waals surface area contributed by atoms with E-state index in [1.165, 1.54) is 29.2 Å². The first kappa shape index (κ1) is 21.5. The maximum absolute atomic E-state index is 13.1. The fraction of sp³-hybridized carbons (Fsp3) is 0.143. The van der Waals surface area contributed by atoms with Gasteiger partial charge in [0, 0.05) is 23.7 Å². The number of benzene rings is 2. The molecule has 0 aliphatic rings. The maximum Gasteiger partial charge on any atom is 0.416 e. The van der Waals surface area contributed by atoms with Gasteiger partial charge in [-0.05, 0) is 60.7 Å². The lowest BCUT2D eigenvalue weighted by atomic mass is 10.1. The largest absolute Gasteiger partial charge is 0.416 e. The van der Waals surface area contributed by atoms with Crippen molar-refractivity contribution in [3.05, 3.63) is 89.7 Å². The summed E-state index contributed by atoms with van der Waals surface area (Å²) in [4.78, 5) is 18.7. The summed E-state index contributed by atoms with van der Waals surface area (Å²) in [5.41, 5.74) is 0.154. The first-order chi connectivity index (χ1) is 14.1. The average molecular weight is 434 g/mol. The fourth-order valence-corrected chi connectivity index (χ4v) is 3.40. The van der Waals surface area contributed by atoms with E-state index >= 15 is 0 Å². The van der Waals surface area contributed by atoms with Crippen LogP contribution in [-0.2, 0) is 22.6 Å². The number of nitrogens with zero attached hydrogens (tertiary/aromatic N) is 2. The van der Waals surface area contributed by atoms with E-state index in [0.29, 0.717) is 11.4 Å². The second-order valence-corrected chi connectivity index (χ2v) is 8.57. The lowest BCUT2D eigenvalue weighted by molar-refractivity contribution is -0.137. The highest BCUT2D eigenvalue weighted by molar-refractivity contribution is 7.90. The number of rotatable bonds is 5. The van der Waals surface area contributed by atoms with Crippen molar-refractivity contribution in [3.63, 3.8) is 0 Å². The highest BCUT2D eigenvalue weighted by Gasteiger charge is 2.30. The van der Waals surface area contributed by atoms with Gasteiger partial charge in [-0.3, -0.25) is 9.78 Å². The number of anilines is 1. The first-order valence-corrected chi connectivity index (χ1v) is 10.6. The minimum absolute atomic E-state index is 0.0545. The van der Waals surface area contributed by atoms with Crippen LogP contribution in [0.2, 0.25) is 0 Å². The van der Waals surface area contributed by atoms with Crippen molar-refractivity contribution in [3.8, 4) is 0 Å². The van der Waals surface area contributed by atoms with Crippen molar-refractivity contribution in [2.75, 3.05) is 11.2 Å². The van der Waals surface area contributed by atoms with Crippen LogP contribution < -0.4 is 4.90 Å². The molecule has 0 radical (unpaired) electrons. The SMILES string of the molecule is CS(=O)(=O)c1ccc(N(Cc2ccccn2)C(=O)c2ccc(C(F)(F)F)cc2)cc1. The Morgan fingerprint density at radius 2 is 1.60 bits per heavy atom. The summed E-state index contributed by atoms with van der Waals surface area (Å²) in [6.07, 6.45) is -1.87. The lowest BCUT2D eigenvalue weighted by Crippen LogP contribution is -2.30. The number of amides is 1. The summed E-state index contributed by atoms with van der Waals surface area (Å²) >= 11 is 0. The number of hydrogen-bond acceptors (Lipinski definition) is 4. The number of pyridine rings is 1. The quantitative estimate of drug-likeness (QED) is 0.599. The van der Waals surface area contributed by atoms with Crippen LogP contribution in [0, 0.1) is 0 Å². The van der Waals surface area contributed by atoms with Gasteiger partial charge in [0.25, 0.3) is 5.91 Å². The van der Waals surface area contributed by atoms with Crippen LogP contribution in [0.4, 0.5) is 18.9 Å². The monoisotopic (exact) mass is 434 g/mol. The van der Waals surface area contributed by atoms with Crippen molar-refractivity contribution in [2.45, 2.75) is 17.6 Å². The van der Waals surface area contributed by atoms with Crippen molar-refractivity contribution in [1.29, 1.82) is 0 Å². The van der Waals surface area contributed by atoms with E-state index in [9.17, 15) is 26.4 Å². The number of aromatic nitrogens is 1. The van der Waals surface area contributed by atoms with E-state index in [-0.39, 0.29) is 17.0 Å². The lowest BCUT2D eigenvalue weighted by Gasteiger charge is -2.23. The summed E-state index contributed by atoms with van der Waals surface area (Å²) in [5, 5.41) is 0. The molecule has 156 valence electrons. The molecule has 2 aromatic carbocycles. The Hall–Kier alpha value is -3.20. The van der Waals surface area contributed by atoms with Gasteiger partial charge in [0.15, 0.2) is 9.84 Å². The van der Waals surface area contributed by atoms with Crippen LogP contribution in [-0.4, -0.2) is 25.6 Å². The Labute approximate surface area is 171 Å². The van der Waals surface area contributed by atoms with E-state index in [4.69, 9.17) is 0 Å². The summed E-state index contributed by atoms with van der Waals surface area (Å²) in [5.74, 6) is -0.540. The smallest absolute Gasteiger partial charge is 0.302 e. The Morgan fingerprint density at radius 1 is 0.967 bits per heavy atom. The van der Waals surface area contributed by atoms with Crippen LogP contribution in [0.1, 0.15) is 21.6 Å². The van der Waals surface area contributed by atoms with Gasteiger partial charge in [-0.25, -0.2) is 8.42 Å². The molecule has 3 rings (SSSR count). The molecule has 5 nitrogen and oxygen atoms in total. The van der Waals surface area contributed by atoms with Gasteiger partial charge >= 0.3 is 6.18 Å². The third-order valence-electron chi connectivity index (χ3n) is 4.33. The third-order valence-corrected chi connectivity index (χ3v) is 5.46. The summed E-state index contributed by atoms with van der Waals surface area (Å²) in [7, 11) is -3.42. The Balaban J connectivity index is 1.97. The molecule has 0 saturated carbocycles. The molecule has 3 aromatic rings. The zero-order valence-electron chi connectivity index (χ0n) is 15.8. The number of carbonyl (C=O) groups is 1. The van der Waals surface area contributed by atoms with Gasteiger partial charge in [-0.15, -0.1) is 0 Å². The number of carbonyl (C=O) groups excluding carboxylic acids is 1. The predicted octanol–water partition coefficient (Wildman–Crippen LogP) is 4.35.